The Morgan fingerprint density at radius 3 is 2.57 bits per heavy atom. The highest BCUT2D eigenvalue weighted by Gasteiger charge is 2.67. The fourth-order valence-corrected chi connectivity index (χ4v) is 5.85. The maximum Gasteiger partial charge on any atom is 0.310 e. The van der Waals surface area contributed by atoms with E-state index in [0.717, 1.165) is 27.7 Å². The summed E-state index contributed by atoms with van der Waals surface area (Å²) in [6.07, 6.45) is 0.853. The lowest BCUT2D eigenvalue weighted by Gasteiger charge is -2.27. The quantitative estimate of drug-likeness (QED) is 0.562. The Hall–Kier alpha value is -0.880. The third-order valence-electron chi connectivity index (χ3n) is 5.53. The summed E-state index contributed by atoms with van der Waals surface area (Å²) in [5.41, 5.74) is 2.93. The van der Waals surface area contributed by atoms with Crippen molar-refractivity contribution in [1.29, 1.82) is 0 Å². The number of nitrogens with one attached hydrogen (secondary N) is 1. The second-order valence-corrected chi connectivity index (χ2v) is 8.72. The number of ether oxygens (including phenoxy) is 1. The van der Waals surface area contributed by atoms with Crippen LogP contribution in [-0.2, 0) is 14.3 Å². The summed E-state index contributed by atoms with van der Waals surface area (Å²) in [5.74, 6) is -0.449. The molecular formula is C17H17Br2NO3. The van der Waals surface area contributed by atoms with Crippen LogP contribution in [0, 0.1) is 37.5 Å². The maximum atomic E-state index is 12.8. The van der Waals surface area contributed by atoms with E-state index < -0.39 is 0 Å². The van der Waals surface area contributed by atoms with Crippen molar-refractivity contribution in [3.63, 3.8) is 0 Å². The highest BCUT2D eigenvalue weighted by Crippen LogP contribution is 2.60. The van der Waals surface area contributed by atoms with Crippen molar-refractivity contribution in [2.75, 3.05) is 5.32 Å². The molecule has 0 radical (unpaired) electrons. The number of rotatable bonds is 2. The third kappa shape index (κ3) is 2.21. The largest absolute Gasteiger partial charge is 0.461 e. The summed E-state index contributed by atoms with van der Waals surface area (Å²) in [6, 6.07) is 3.90. The summed E-state index contributed by atoms with van der Waals surface area (Å²) >= 11 is 7.17. The third-order valence-corrected chi connectivity index (χ3v) is 7.98. The first-order valence-electron chi connectivity index (χ1n) is 7.80. The number of esters is 1. The van der Waals surface area contributed by atoms with E-state index in [1.165, 1.54) is 0 Å². The molecule has 0 aromatic heterocycles. The van der Waals surface area contributed by atoms with Crippen molar-refractivity contribution in [1.82, 2.24) is 0 Å². The van der Waals surface area contributed by atoms with Gasteiger partial charge in [0.1, 0.15) is 6.10 Å². The van der Waals surface area contributed by atoms with Crippen LogP contribution < -0.4 is 5.32 Å². The van der Waals surface area contributed by atoms with Crippen molar-refractivity contribution >= 4 is 49.4 Å². The molecule has 122 valence electrons. The topological polar surface area (TPSA) is 55.4 Å². The molecule has 6 heteroatoms. The Balaban J connectivity index is 1.60. The van der Waals surface area contributed by atoms with Gasteiger partial charge in [-0.05, 0) is 49.4 Å². The lowest BCUT2D eigenvalue weighted by Crippen LogP contribution is -2.40. The van der Waals surface area contributed by atoms with Crippen molar-refractivity contribution in [2.24, 2.45) is 23.7 Å². The number of benzene rings is 1. The minimum absolute atomic E-state index is 0.0429. The summed E-state index contributed by atoms with van der Waals surface area (Å²) in [4.78, 5) is 25.1. The van der Waals surface area contributed by atoms with Crippen LogP contribution in [0.3, 0.4) is 0 Å². The van der Waals surface area contributed by atoms with E-state index >= 15 is 0 Å². The van der Waals surface area contributed by atoms with Crippen LogP contribution in [-0.4, -0.2) is 22.8 Å². The second-order valence-electron chi connectivity index (χ2n) is 6.87. The van der Waals surface area contributed by atoms with Crippen molar-refractivity contribution in [2.45, 2.75) is 31.2 Å². The molecule has 0 spiro atoms. The Morgan fingerprint density at radius 1 is 1.26 bits per heavy atom. The van der Waals surface area contributed by atoms with Gasteiger partial charge in [-0.2, -0.15) is 0 Å². The van der Waals surface area contributed by atoms with Crippen molar-refractivity contribution in [3.8, 4) is 0 Å². The number of amides is 1. The van der Waals surface area contributed by atoms with Gasteiger partial charge in [0.05, 0.1) is 16.7 Å². The molecule has 1 heterocycles. The van der Waals surface area contributed by atoms with Gasteiger partial charge < -0.3 is 10.1 Å². The number of carbonyl (C=O) groups is 2. The highest BCUT2D eigenvalue weighted by atomic mass is 79.9. The molecule has 1 amide bonds. The minimum atomic E-state index is -0.292. The molecule has 1 saturated heterocycles. The Labute approximate surface area is 151 Å². The number of fused-ring (bicyclic) bond motifs is 1. The molecule has 1 aliphatic heterocycles. The normalized spacial score (nSPS) is 37.1. The predicted molar refractivity (Wildman–Crippen MR) is 93.4 cm³/mol. The summed E-state index contributed by atoms with van der Waals surface area (Å²) in [5, 5.41) is 3.01. The van der Waals surface area contributed by atoms with Gasteiger partial charge in [0, 0.05) is 16.1 Å². The first-order valence-corrected chi connectivity index (χ1v) is 9.51. The zero-order valence-electron chi connectivity index (χ0n) is 12.8. The molecule has 1 aromatic carbocycles. The van der Waals surface area contributed by atoms with Crippen LogP contribution in [0.2, 0.25) is 0 Å². The molecule has 2 aliphatic carbocycles. The maximum absolute atomic E-state index is 12.8. The molecule has 2 bridgehead atoms. The van der Waals surface area contributed by atoms with E-state index in [4.69, 9.17) is 4.74 Å². The van der Waals surface area contributed by atoms with E-state index in [0.29, 0.717) is 0 Å². The van der Waals surface area contributed by atoms with E-state index in [1.807, 2.05) is 26.0 Å². The second kappa shape index (κ2) is 5.31. The van der Waals surface area contributed by atoms with E-state index in [1.54, 1.807) is 0 Å². The van der Waals surface area contributed by atoms with Gasteiger partial charge in [0.25, 0.3) is 0 Å². The Morgan fingerprint density at radius 2 is 1.91 bits per heavy atom. The van der Waals surface area contributed by atoms with E-state index in [2.05, 4.69) is 37.2 Å². The molecule has 1 aromatic rings. The molecule has 3 aliphatic rings. The molecule has 4 nitrogen and oxygen atoms in total. The molecule has 1 N–H and O–H groups in total. The first kappa shape index (κ1) is 15.6. The van der Waals surface area contributed by atoms with E-state index in [-0.39, 0.29) is 46.5 Å². The van der Waals surface area contributed by atoms with Crippen LogP contribution >= 0.6 is 31.9 Å². The lowest BCUT2D eigenvalue weighted by atomic mass is 9.79. The van der Waals surface area contributed by atoms with Gasteiger partial charge in [0.2, 0.25) is 5.91 Å². The summed E-state index contributed by atoms with van der Waals surface area (Å²) in [6.45, 7) is 4.00. The molecule has 2 saturated carbocycles. The van der Waals surface area contributed by atoms with Crippen LogP contribution in [0.15, 0.2) is 16.6 Å². The number of hydrogen-bond donors (Lipinski definition) is 1. The zero-order chi connectivity index (χ0) is 16.5. The zero-order valence-corrected chi connectivity index (χ0v) is 16.0. The average molecular weight is 443 g/mol. The van der Waals surface area contributed by atoms with Gasteiger partial charge in [0.15, 0.2) is 0 Å². The average Bonchev–Trinajstić information content (AvgIpc) is 3.08. The van der Waals surface area contributed by atoms with Crippen molar-refractivity contribution in [3.05, 3.63) is 27.7 Å². The van der Waals surface area contributed by atoms with Crippen LogP contribution in [0.1, 0.15) is 17.5 Å². The lowest BCUT2D eigenvalue weighted by molar-refractivity contribution is -0.145. The molecule has 23 heavy (non-hydrogen) atoms. The Kier molecular flexibility index (Phi) is 3.61. The monoisotopic (exact) mass is 441 g/mol. The molecule has 6 atom stereocenters. The number of halogens is 2. The van der Waals surface area contributed by atoms with Crippen LogP contribution in [0.25, 0.3) is 0 Å². The van der Waals surface area contributed by atoms with Crippen LogP contribution in [0.4, 0.5) is 5.69 Å². The van der Waals surface area contributed by atoms with Gasteiger partial charge in [-0.25, -0.2) is 0 Å². The predicted octanol–water partition coefficient (Wildman–Crippen LogP) is 3.58. The Bertz CT molecular complexity index is 697. The first-order chi connectivity index (χ1) is 10.9. The number of carbonyl (C=O) groups excluding carboxylic acids is 2. The SMILES string of the molecule is Cc1cc(NC(=O)[C@H]2[C@H]3C[C@H]4[C@H](OC(=O)[C@@H]42)[C@@H]3Br)cc(C)c1Br. The van der Waals surface area contributed by atoms with E-state index in [9.17, 15) is 9.59 Å². The van der Waals surface area contributed by atoms with Crippen molar-refractivity contribution < 1.29 is 14.3 Å². The number of alkyl halides is 1. The number of aryl methyl sites for hydroxylation is 2. The van der Waals surface area contributed by atoms with Gasteiger partial charge in [-0.1, -0.05) is 31.9 Å². The smallest absolute Gasteiger partial charge is 0.310 e. The fourth-order valence-electron chi connectivity index (χ4n) is 4.57. The summed E-state index contributed by atoms with van der Waals surface area (Å²) < 4.78 is 6.52. The minimum Gasteiger partial charge on any atom is -0.461 e. The molecular weight excluding hydrogens is 426 g/mol. The molecule has 0 unspecified atom stereocenters. The van der Waals surface area contributed by atoms with Gasteiger partial charge in [-0.3, -0.25) is 9.59 Å². The number of anilines is 1. The van der Waals surface area contributed by atoms with Gasteiger partial charge in [-0.15, -0.1) is 0 Å². The molecule has 3 fully saturated rings. The summed E-state index contributed by atoms with van der Waals surface area (Å²) in [7, 11) is 0. The number of hydrogen-bond acceptors (Lipinski definition) is 3. The highest BCUT2D eigenvalue weighted by molar-refractivity contribution is 9.10. The molecule has 4 rings (SSSR count). The standard InChI is InChI=1S/C17H17Br2NO3/c1-6-3-8(4-7(2)13(6)18)20-16(21)11-9-5-10-12(11)17(22)23-15(10)14(9)19/h3-4,9-12,14-15H,5H2,1-2H3,(H,20,21)/t9-,10-,11+,12+,14-,15+/m1/s1. The van der Waals surface area contributed by atoms with Crippen LogP contribution in [0.5, 0.6) is 0 Å². The van der Waals surface area contributed by atoms with Gasteiger partial charge >= 0.3 is 5.97 Å². The fraction of sp³-hybridized carbons (Fsp3) is 0.529.